The molecule has 0 spiro atoms. The van der Waals surface area contributed by atoms with Crippen LogP contribution in [0.15, 0.2) is 36.7 Å². The number of aromatic nitrogens is 1. The highest BCUT2D eigenvalue weighted by atomic mass is 35.5. The van der Waals surface area contributed by atoms with Crippen LogP contribution in [0.4, 0.5) is 10.1 Å². The third-order valence-corrected chi connectivity index (χ3v) is 2.76. The van der Waals surface area contributed by atoms with E-state index in [0.717, 1.165) is 0 Å². The molecule has 92 valence electrons. The van der Waals surface area contributed by atoms with Gasteiger partial charge in [-0.3, -0.25) is 9.78 Å². The molecule has 0 atom stereocenters. The normalized spacial score (nSPS) is 10.3. The molecule has 0 aliphatic heterocycles. The summed E-state index contributed by atoms with van der Waals surface area (Å²) in [5.74, 6) is -0.971. The Morgan fingerprint density at radius 3 is 2.89 bits per heavy atom. The van der Waals surface area contributed by atoms with Crippen molar-refractivity contribution in [2.24, 2.45) is 0 Å². The van der Waals surface area contributed by atoms with E-state index >= 15 is 0 Å². The second kappa shape index (κ2) is 5.14. The quantitative estimate of drug-likeness (QED) is 0.868. The van der Waals surface area contributed by atoms with Gasteiger partial charge in [0.2, 0.25) is 0 Å². The predicted octanol–water partition coefficient (Wildman–Crippen LogP) is 2.88. The van der Waals surface area contributed by atoms with Crippen molar-refractivity contribution in [3.63, 3.8) is 0 Å². The van der Waals surface area contributed by atoms with Crippen molar-refractivity contribution in [1.82, 2.24) is 4.98 Å². The van der Waals surface area contributed by atoms with Crippen molar-refractivity contribution in [2.75, 3.05) is 5.73 Å². The summed E-state index contributed by atoms with van der Waals surface area (Å²) < 4.78 is 13.5. The first kappa shape index (κ1) is 12.5. The van der Waals surface area contributed by atoms with E-state index in [1.165, 1.54) is 30.6 Å². The molecule has 0 radical (unpaired) electrons. The van der Waals surface area contributed by atoms with E-state index in [4.69, 9.17) is 17.3 Å². The molecule has 0 bridgehead atoms. The number of Topliss-reactive ketones (excluding diaryl/α,β-unsaturated/α-hetero) is 1. The molecule has 0 aliphatic rings. The number of nitrogen functional groups attached to an aromatic ring is 1. The average molecular weight is 265 g/mol. The molecule has 0 amide bonds. The number of carbonyl (C=O) groups is 1. The van der Waals surface area contributed by atoms with E-state index in [1.54, 1.807) is 6.07 Å². The van der Waals surface area contributed by atoms with E-state index in [-0.39, 0.29) is 17.8 Å². The molecule has 1 aromatic carbocycles. The van der Waals surface area contributed by atoms with Gasteiger partial charge < -0.3 is 5.73 Å². The lowest BCUT2D eigenvalue weighted by molar-refractivity contribution is 0.0989. The van der Waals surface area contributed by atoms with E-state index in [9.17, 15) is 9.18 Å². The molecule has 1 heterocycles. The van der Waals surface area contributed by atoms with Crippen LogP contribution >= 0.6 is 11.6 Å². The van der Waals surface area contributed by atoms with Gasteiger partial charge in [-0.1, -0.05) is 11.6 Å². The minimum atomic E-state index is -0.591. The van der Waals surface area contributed by atoms with E-state index in [2.05, 4.69) is 4.98 Å². The van der Waals surface area contributed by atoms with Gasteiger partial charge in [0.25, 0.3) is 0 Å². The number of hydrogen-bond acceptors (Lipinski definition) is 3. The molecule has 0 aliphatic carbocycles. The maximum atomic E-state index is 13.5. The zero-order valence-corrected chi connectivity index (χ0v) is 10.1. The second-order valence-corrected chi connectivity index (χ2v) is 4.24. The lowest BCUT2D eigenvalue weighted by Crippen LogP contribution is -2.08. The Morgan fingerprint density at radius 2 is 2.17 bits per heavy atom. The summed E-state index contributed by atoms with van der Waals surface area (Å²) in [7, 11) is 0. The summed E-state index contributed by atoms with van der Waals surface area (Å²) >= 11 is 5.74. The fourth-order valence-electron chi connectivity index (χ4n) is 1.57. The van der Waals surface area contributed by atoms with Crippen LogP contribution < -0.4 is 5.73 Å². The van der Waals surface area contributed by atoms with Crippen molar-refractivity contribution >= 4 is 23.1 Å². The first-order valence-electron chi connectivity index (χ1n) is 5.24. The fourth-order valence-corrected chi connectivity index (χ4v) is 1.74. The second-order valence-electron chi connectivity index (χ2n) is 3.80. The topological polar surface area (TPSA) is 56.0 Å². The van der Waals surface area contributed by atoms with Gasteiger partial charge in [-0.05, 0) is 24.3 Å². The maximum Gasteiger partial charge on any atom is 0.170 e. The number of pyridine rings is 1. The van der Waals surface area contributed by atoms with Gasteiger partial charge >= 0.3 is 0 Å². The molecular weight excluding hydrogens is 255 g/mol. The van der Waals surface area contributed by atoms with Crippen molar-refractivity contribution in [3.05, 3.63) is 58.6 Å². The van der Waals surface area contributed by atoms with Crippen LogP contribution in [-0.4, -0.2) is 10.8 Å². The summed E-state index contributed by atoms with van der Waals surface area (Å²) in [4.78, 5) is 15.8. The number of rotatable bonds is 3. The van der Waals surface area contributed by atoms with Crippen molar-refractivity contribution in [3.8, 4) is 0 Å². The number of nitrogens with zero attached hydrogens (tertiary/aromatic N) is 1. The zero-order valence-electron chi connectivity index (χ0n) is 9.36. The molecule has 0 saturated carbocycles. The number of benzene rings is 1. The summed E-state index contributed by atoms with van der Waals surface area (Å²) in [6, 6.07) is 5.47. The van der Waals surface area contributed by atoms with E-state index in [1.807, 2.05) is 0 Å². The molecule has 0 fully saturated rings. The third kappa shape index (κ3) is 2.65. The molecular formula is C13H10ClFN2O. The highest BCUT2D eigenvalue weighted by Crippen LogP contribution is 2.18. The molecule has 2 aromatic rings. The van der Waals surface area contributed by atoms with Crippen LogP contribution in [0.25, 0.3) is 0 Å². The highest BCUT2D eigenvalue weighted by molar-refractivity contribution is 6.31. The van der Waals surface area contributed by atoms with Crippen LogP contribution in [0, 0.1) is 5.82 Å². The molecule has 5 heteroatoms. The number of hydrogen-bond donors (Lipinski definition) is 1. The number of nitrogens with two attached hydrogens (primary N) is 1. The Bertz CT molecular complexity index is 601. The van der Waals surface area contributed by atoms with Crippen LogP contribution in [0.2, 0.25) is 5.02 Å². The Kier molecular flexibility index (Phi) is 3.58. The largest absolute Gasteiger partial charge is 0.398 e. The Morgan fingerprint density at radius 1 is 1.39 bits per heavy atom. The van der Waals surface area contributed by atoms with Crippen molar-refractivity contribution in [2.45, 2.75) is 6.42 Å². The Hall–Kier alpha value is -1.94. The summed E-state index contributed by atoms with van der Waals surface area (Å²) in [6.45, 7) is 0. The first-order chi connectivity index (χ1) is 8.58. The Balaban J connectivity index is 2.28. The SMILES string of the molecule is Nc1ccncc1CC(=O)c1cc(Cl)ccc1F. The molecule has 0 saturated heterocycles. The van der Waals surface area contributed by atoms with Crippen LogP contribution in [-0.2, 0) is 6.42 Å². The molecule has 0 unspecified atom stereocenters. The molecule has 2 rings (SSSR count). The number of anilines is 1. The average Bonchev–Trinajstić information content (AvgIpc) is 2.35. The molecule has 1 aromatic heterocycles. The van der Waals surface area contributed by atoms with Crippen molar-refractivity contribution in [1.29, 1.82) is 0 Å². The molecule has 2 N–H and O–H groups in total. The molecule has 3 nitrogen and oxygen atoms in total. The monoisotopic (exact) mass is 264 g/mol. The number of halogens is 2. The minimum absolute atomic E-state index is 0.00304. The van der Waals surface area contributed by atoms with Gasteiger partial charge in [0.1, 0.15) is 5.82 Å². The maximum absolute atomic E-state index is 13.5. The van der Waals surface area contributed by atoms with Gasteiger partial charge in [-0.15, -0.1) is 0 Å². The van der Waals surface area contributed by atoms with E-state index in [0.29, 0.717) is 16.3 Å². The van der Waals surface area contributed by atoms with E-state index < -0.39 is 5.82 Å². The standard InChI is InChI=1S/C13H10ClFN2O/c14-9-1-2-11(15)10(6-9)13(18)5-8-7-17-4-3-12(8)16/h1-4,6-7H,5H2,(H2,16,17). The third-order valence-electron chi connectivity index (χ3n) is 2.52. The van der Waals surface area contributed by atoms with Gasteiger partial charge in [-0.2, -0.15) is 0 Å². The number of ketones is 1. The van der Waals surface area contributed by atoms with Gasteiger partial charge in [0.05, 0.1) is 5.56 Å². The predicted molar refractivity (Wildman–Crippen MR) is 68.1 cm³/mol. The summed E-state index contributed by atoms with van der Waals surface area (Å²) in [5, 5.41) is 0.318. The van der Waals surface area contributed by atoms with Gasteiger partial charge in [0.15, 0.2) is 5.78 Å². The van der Waals surface area contributed by atoms with Gasteiger partial charge in [0, 0.05) is 35.1 Å². The van der Waals surface area contributed by atoms with Crippen LogP contribution in [0.1, 0.15) is 15.9 Å². The first-order valence-corrected chi connectivity index (χ1v) is 5.62. The lowest BCUT2D eigenvalue weighted by atomic mass is 10.0. The smallest absolute Gasteiger partial charge is 0.170 e. The Labute approximate surface area is 108 Å². The minimum Gasteiger partial charge on any atom is -0.398 e. The van der Waals surface area contributed by atoms with Gasteiger partial charge in [-0.25, -0.2) is 4.39 Å². The zero-order chi connectivity index (χ0) is 13.1. The summed E-state index contributed by atoms with van der Waals surface area (Å²) in [6.07, 6.45) is 3.02. The number of carbonyl (C=O) groups excluding carboxylic acids is 1. The van der Waals surface area contributed by atoms with Crippen LogP contribution in [0.5, 0.6) is 0 Å². The van der Waals surface area contributed by atoms with Crippen molar-refractivity contribution < 1.29 is 9.18 Å². The fraction of sp³-hybridized carbons (Fsp3) is 0.0769. The lowest BCUT2D eigenvalue weighted by Gasteiger charge is -2.05. The summed E-state index contributed by atoms with van der Waals surface area (Å²) in [5.41, 5.74) is 6.70. The highest BCUT2D eigenvalue weighted by Gasteiger charge is 2.14. The van der Waals surface area contributed by atoms with Crippen LogP contribution in [0.3, 0.4) is 0 Å². The molecule has 18 heavy (non-hydrogen) atoms.